The van der Waals surface area contributed by atoms with Crippen molar-refractivity contribution >= 4 is 0 Å². The van der Waals surface area contributed by atoms with Crippen LogP contribution >= 0.6 is 0 Å². The van der Waals surface area contributed by atoms with Gasteiger partial charge in [-0.05, 0) is 42.5 Å². The van der Waals surface area contributed by atoms with Crippen molar-refractivity contribution in [3.8, 4) is 5.75 Å². The van der Waals surface area contributed by atoms with E-state index in [2.05, 4.69) is 26.0 Å². The Morgan fingerprint density at radius 2 is 1.56 bits per heavy atom. The van der Waals surface area contributed by atoms with Gasteiger partial charge in [-0.1, -0.05) is 26.7 Å². The minimum atomic E-state index is 0.532. The molecule has 0 spiro atoms. The first-order valence-electron chi connectivity index (χ1n) is 9.52. The average molecular weight is 352 g/mol. The summed E-state index contributed by atoms with van der Waals surface area (Å²) in [6, 6.07) is 4.25. The molecule has 0 aromatic heterocycles. The van der Waals surface area contributed by atoms with E-state index >= 15 is 0 Å². The Bertz CT molecular complexity index is 489. The van der Waals surface area contributed by atoms with Crippen LogP contribution in [0.15, 0.2) is 12.1 Å². The number of benzene rings is 1. The summed E-state index contributed by atoms with van der Waals surface area (Å²) in [6.07, 6.45) is 5.69. The highest BCUT2D eigenvalue weighted by Gasteiger charge is 2.17. The molecule has 25 heavy (non-hydrogen) atoms. The molecule has 1 heterocycles. The van der Waals surface area contributed by atoms with E-state index in [0.29, 0.717) is 39.6 Å². The molecular weight excluding hydrogens is 320 g/mol. The quantitative estimate of drug-likeness (QED) is 0.371. The van der Waals surface area contributed by atoms with E-state index in [1.54, 1.807) is 0 Å². The van der Waals surface area contributed by atoms with Gasteiger partial charge in [0.2, 0.25) is 0 Å². The Labute approximate surface area is 151 Å². The largest absolute Gasteiger partial charge is 0.379 e. The van der Waals surface area contributed by atoms with E-state index in [1.807, 2.05) is 0 Å². The molecular formula is C20H32O5. The summed E-state index contributed by atoms with van der Waals surface area (Å²) in [5, 5.41) is 0. The monoisotopic (exact) mass is 352 g/mol. The minimum Gasteiger partial charge on any atom is -0.379 e. The van der Waals surface area contributed by atoms with Gasteiger partial charge in [-0.2, -0.15) is 4.89 Å². The number of unbranched alkanes of at least 4 members (excludes halogenated alkanes) is 2. The van der Waals surface area contributed by atoms with Gasteiger partial charge in [0.15, 0.2) is 5.75 Å². The highest BCUT2D eigenvalue weighted by Crippen LogP contribution is 2.30. The maximum absolute atomic E-state index is 5.78. The number of hydrogen-bond donors (Lipinski definition) is 0. The standard InChI is InChI=1S/C20H32O5/c1-3-5-7-17-13-19-16-24-25-20(19)14-18(17)15-23-12-11-22-10-9-21-8-6-4-2/h13-14H,3-12,15-16H2,1-2H3. The van der Waals surface area contributed by atoms with Gasteiger partial charge < -0.3 is 19.1 Å². The first kappa shape index (κ1) is 20.2. The third-order valence-corrected chi connectivity index (χ3v) is 4.19. The van der Waals surface area contributed by atoms with Crippen molar-refractivity contribution in [1.29, 1.82) is 0 Å². The first-order valence-corrected chi connectivity index (χ1v) is 9.52. The van der Waals surface area contributed by atoms with Crippen molar-refractivity contribution < 1.29 is 24.0 Å². The Balaban J connectivity index is 1.66. The molecule has 0 bridgehead atoms. The maximum Gasteiger partial charge on any atom is 0.171 e. The molecule has 142 valence electrons. The van der Waals surface area contributed by atoms with Crippen molar-refractivity contribution in [2.45, 2.75) is 59.2 Å². The zero-order valence-corrected chi connectivity index (χ0v) is 15.7. The number of hydrogen-bond acceptors (Lipinski definition) is 5. The van der Waals surface area contributed by atoms with Gasteiger partial charge in [0.25, 0.3) is 0 Å². The summed E-state index contributed by atoms with van der Waals surface area (Å²) in [6.45, 7) is 8.74. The van der Waals surface area contributed by atoms with Gasteiger partial charge in [0, 0.05) is 12.2 Å². The minimum absolute atomic E-state index is 0.532. The number of rotatable bonds is 14. The van der Waals surface area contributed by atoms with Crippen LogP contribution in [0.3, 0.4) is 0 Å². The Hall–Kier alpha value is -1.14. The van der Waals surface area contributed by atoms with E-state index in [-0.39, 0.29) is 0 Å². The van der Waals surface area contributed by atoms with Gasteiger partial charge in [0.1, 0.15) is 6.61 Å². The van der Waals surface area contributed by atoms with E-state index in [1.165, 1.54) is 24.0 Å². The van der Waals surface area contributed by atoms with Crippen LogP contribution in [0.1, 0.15) is 56.2 Å². The van der Waals surface area contributed by atoms with Crippen LogP contribution in [-0.2, 0) is 38.7 Å². The molecule has 2 rings (SSSR count). The highest BCUT2D eigenvalue weighted by molar-refractivity contribution is 5.43. The third kappa shape index (κ3) is 7.32. The maximum atomic E-state index is 5.78. The molecule has 0 N–H and O–H groups in total. The van der Waals surface area contributed by atoms with Crippen LogP contribution in [0.25, 0.3) is 0 Å². The second kappa shape index (κ2) is 12.3. The summed E-state index contributed by atoms with van der Waals surface area (Å²) in [5.41, 5.74) is 3.64. The molecule has 0 radical (unpaired) electrons. The van der Waals surface area contributed by atoms with E-state index in [9.17, 15) is 0 Å². The zero-order chi connectivity index (χ0) is 17.7. The lowest BCUT2D eigenvalue weighted by atomic mass is 9.99. The first-order chi connectivity index (χ1) is 12.3. The predicted molar refractivity (Wildman–Crippen MR) is 96.7 cm³/mol. The van der Waals surface area contributed by atoms with Crippen molar-refractivity contribution in [2.24, 2.45) is 0 Å². The summed E-state index contributed by atoms with van der Waals surface area (Å²) in [5.74, 6) is 0.819. The molecule has 1 aromatic rings. The molecule has 1 aliphatic rings. The summed E-state index contributed by atoms with van der Waals surface area (Å²) in [7, 11) is 0. The molecule has 1 aromatic carbocycles. The summed E-state index contributed by atoms with van der Waals surface area (Å²) in [4.78, 5) is 10.3. The van der Waals surface area contributed by atoms with Crippen LogP contribution in [-0.4, -0.2) is 33.0 Å². The fraction of sp³-hybridized carbons (Fsp3) is 0.700. The van der Waals surface area contributed by atoms with Crippen molar-refractivity contribution in [3.63, 3.8) is 0 Å². The zero-order valence-electron chi connectivity index (χ0n) is 15.7. The van der Waals surface area contributed by atoms with Crippen LogP contribution < -0.4 is 4.89 Å². The second-order valence-electron chi connectivity index (χ2n) is 6.31. The summed E-state index contributed by atoms with van der Waals surface area (Å²) >= 11 is 0. The third-order valence-electron chi connectivity index (χ3n) is 4.19. The molecule has 0 saturated carbocycles. The lowest BCUT2D eigenvalue weighted by molar-refractivity contribution is -0.194. The van der Waals surface area contributed by atoms with Crippen LogP contribution in [0.5, 0.6) is 5.75 Å². The molecule has 0 aliphatic carbocycles. The second-order valence-corrected chi connectivity index (χ2v) is 6.31. The fourth-order valence-electron chi connectivity index (χ4n) is 2.67. The number of ether oxygens (including phenoxy) is 3. The van der Waals surface area contributed by atoms with E-state index < -0.39 is 0 Å². The van der Waals surface area contributed by atoms with Crippen LogP contribution in [0.4, 0.5) is 0 Å². The lowest BCUT2D eigenvalue weighted by Crippen LogP contribution is -2.10. The van der Waals surface area contributed by atoms with Crippen molar-refractivity contribution in [2.75, 3.05) is 33.0 Å². The Morgan fingerprint density at radius 1 is 0.840 bits per heavy atom. The topological polar surface area (TPSA) is 46.2 Å². The highest BCUT2D eigenvalue weighted by atomic mass is 17.2. The molecule has 0 fully saturated rings. The van der Waals surface area contributed by atoms with Gasteiger partial charge >= 0.3 is 0 Å². The molecule has 0 amide bonds. The van der Waals surface area contributed by atoms with Gasteiger partial charge in [-0.25, -0.2) is 0 Å². The number of aryl methyl sites for hydroxylation is 1. The Morgan fingerprint density at radius 3 is 2.32 bits per heavy atom. The predicted octanol–water partition coefficient (Wildman–Crippen LogP) is 4.20. The SMILES string of the molecule is CCCCOCCOCCOCc1cc2c(cc1CCCC)COO2. The molecule has 0 saturated heterocycles. The average Bonchev–Trinajstić information content (AvgIpc) is 3.08. The molecule has 5 heteroatoms. The van der Waals surface area contributed by atoms with Gasteiger partial charge in [-0.3, -0.25) is 0 Å². The van der Waals surface area contributed by atoms with Gasteiger partial charge in [0.05, 0.1) is 33.0 Å². The lowest BCUT2D eigenvalue weighted by Gasteiger charge is -2.12. The molecule has 5 nitrogen and oxygen atoms in total. The van der Waals surface area contributed by atoms with Crippen molar-refractivity contribution in [1.82, 2.24) is 0 Å². The van der Waals surface area contributed by atoms with Crippen LogP contribution in [0.2, 0.25) is 0 Å². The van der Waals surface area contributed by atoms with E-state index in [0.717, 1.165) is 37.2 Å². The Kier molecular flexibility index (Phi) is 9.89. The van der Waals surface area contributed by atoms with Crippen molar-refractivity contribution in [3.05, 3.63) is 28.8 Å². The van der Waals surface area contributed by atoms with E-state index in [4.69, 9.17) is 24.0 Å². The molecule has 0 atom stereocenters. The fourth-order valence-corrected chi connectivity index (χ4v) is 2.67. The van der Waals surface area contributed by atoms with Crippen LogP contribution in [0, 0.1) is 0 Å². The molecule has 0 unspecified atom stereocenters. The summed E-state index contributed by atoms with van der Waals surface area (Å²) < 4.78 is 16.8. The molecule has 1 aliphatic heterocycles. The number of fused-ring (bicyclic) bond motifs is 1. The smallest absolute Gasteiger partial charge is 0.171 e. The normalized spacial score (nSPS) is 13.0. The van der Waals surface area contributed by atoms with Gasteiger partial charge in [-0.15, -0.1) is 0 Å².